The molecule has 1 N–H and O–H groups in total. The van der Waals surface area contributed by atoms with Crippen molar-refractivity contribution in [3.8, 4) is 11.5 Å². The molecule has 0 spiro atoms. The summed E-state index contributed by atoms with van der Waals surface area (Å²) in [4.78, 5) is 23.1. The number of carbonyl (C=O) groups is 1. The van der Waals surface area contributed by atoms with Crippen LogP contribution in [0.25, 0.3) is 0 Å². The summed E-state index contributed by atoms with van der Waals surface area (Å²) >= 11 is 3.31. The van der Waals surface area contributed by atoms with Crippen molar-refractivity contribution >= 4 is 33.2 Å². The van der Waals surface area contributed by atoms with Crippen LogP contribution < -0.4 is 10.1 Å². The van der Waals surface area contributed by atoms with Crippen molar-refractivity contribution < 1.29 is 14.5 Å². The molecule has 6 nitrogen and oxygen atoms in total. The molecule has 3 aromatic rings. The Bertz CT molecular complexity index is 1020. The smallest absolute Gasteiger partial charge is 0.275 e. The molecule has 3 aromatic carbocycles. The number of nitrogens with zero attached hydrogens (tertiary/aromatic N) is 1. The number of nitro benzene ring substituents is 1. The summed E-state index contributed by atoms with van der Waals surface area (Å²) in [6.07, 6.45) is 0. The number of anilines is 1. The molecule has 0 unspecified atom stereocenters. The SMILES string of the molecule is Cc1cccc(Oc2cc(NC(=O)c3cccc(Br)c3)cc([N+](=O)[O-])c2)c1. The Hall–Kier alpha value is -3.19. The van der Waals surface area contributed by atoms with Crippen LogP contribution in [0, 0.1) is 17.0 Å². The zero-order chi connectivity index (χ0) is 19.4. The van der Waals surface area contributed by atoms with E-state index < -0.39 is 4.92 Å². The number of carbonyl (C=O) groups excluding carboxylic acids is 1. The predicted octanol–water partition coefficient (Wildman–Crippen LogP) is 5.71. The van der Waals surface area contributed by atoms with E-state index in [0.29, 0.717) is 11.3 Å². The van der Waals surface area contributed by atoms with Crippen molar-refractivity contribution in [3.05, 3.63) is 92.4 Å². The third-order valence-electron chi connectivity index (χ3n) is 3.67. The highest BCUT2D eigenvalue weighted by Crippen LogP contribution is 2.30. The molecule has 27 heavy (non-hydrogen) atoms. The van der Waals surface area contributed by atoms with E-state index in [2.05, 4.69) is 21.2 Å². The van der Waals surface area contributed by atoms with Crippen LogP contribution in [0.2, 0.25) is 0 Å². The maximum atomic E-state index is 12.4. The van der Waals surface area contributed by atoms with Gasteiger partial charge in [0.25, 0.3) is 11.6 Å². The van der Waals surface area contributed by atoms with Crippen LogP contribution in [0.5, 0.6) is 11.5 Å². The van der Waals surface area contributed by atoms with Crippen LogP contribution in [-0.4, -0.2) is 10.8 Å². The topological polar surface area (TPSA) is 81.5 Å². The number of hydrogen-bond donors (Lipinski definition) is 1. The molecule has 0 radical (unpaired) electrons. The fraction of sp³-hybridized carbons (Fsp3) is 0.0500. The minimum absolute atomic E-state index is 0.176. The molecule has 1 amide bonds. The van der Waals surface area contributed by atoms with Crippen LogP contribution in [0.15, 0.2) is 71.2 Å². The molecule has 0 aliphatic heterocycles. The summed E-state index contributed by atoms with van der Waals surface area (Å²) in [5.74, 6) is 0.442. The number of benzene rings is 3. The molecular formula is C20H15BrN2O4. The van der Waals surface area contributed by atoms with Gasteiger partial charge in [0.05, 0.1) is 16.7 Å². The van der Waals surface area contributed by atoms with Crippen LogP contribution in [0.3, 0.4) is 0 Å². The number of ether oxygens (including phenoxy) is 1. The zero-order valence-electron chi connectivity index (χ0n) is 14.3. The number of amides is 1. The third kappa shape index (κ3) is 4.92. The van der Waals surface area contributed by atoms with E-state index in [-0.39, 0.29) is 23.0 Å². The maximum absolute atomic E-state index is 12.4. The van der Waals surface area contributed by atoms with Gasteiger partial charge in [0, 0.05) is 22.2 Å². The lowest BCUT2D eigenvalue weighted by molar-refractivity contribution is -0.384. The summed E-state index contributed by atoms with van der Waals surface area (Å²) in [7, 11) is 0. The van der Waals surface area contributed by atoms with Gasteiger partial charge in [-0.25, -0.2) is 0 Å². The average molecular weight is 427 g/mol. The van der Waals surface area contributed by atoms with Gasteiger partial charge < -0.3 is 10.1 Å². The minimum atomic E-state index is -0.530. The lowest BCUT2D eigenvalue weighted by Gasteiger charge is -2.10. The molecule has 0 heterocycles. The second-order valence-electron chi connectivity index (χ2n) is 5.86. The van der Waals surface area contributed by atoms with Crippen LogP contribution in [0.4, 0.5) is 11.4 Å². The second-order valence-corrected chi connectivity index (χ2v) is 6.77. The molecule has 3 rings (SSSR count). The van der Waals surface area contributed by atoms with E-state index in [1.807, 2.05) is 25.1 Å². The Morgan fingerprint density at radius 1 is 1.04 bits per heavy atom. The largest absolute Gasteiger partial charge is 0.457 e. The van der Waals surface area contributed by atoms with E-state index in [1.165, 1.54) is 12.1 Å². The van der Waals surface area contributed by atoms with E-state index in [9.17, 15) is 14.9 Å². The number of nitrogens with one attached hydrogen (secondary N) is 1. The fourth-order valence-corrected chi connectivity index (χ4v) is 2.87. The van der Waals surface area contributed by atoms with E-state index in [1.54, 1.807) is 36.4 Å². The highest BCUT2D eigenvalue weighted by atomic mass is 79.9. The Labute approximate surface area is 164 Å². The third-order valence-corrected chi connectivity index (χ3v) is 4.17. The van der Waals surface area contributed by atoms with Gasteiger partial charge in [-0.1, -0.05) is 34.1 Å². The molecule has 0 bridgehead atoms. The lowest BCUT2D eigenvalue weighted by atomic mass is 10.2. The number of aryl methyl sites for hydroxylation is 1. The van der Waals surface area contributed by atoms with Gasteiger partial charge in [0.2, 0.25) is 0 Å². The molecular weight excluding hydrogens is 412 g/mol. The van der Waals surface area contributed by atoms with E-state index in [4.69, 9.17) is 4.74 Å². The standard InChI is InChI=1S/C20H15BrN2O4/c1-13-4-2-7-18(8-13)27-19-11-16(10-17(12-19)23(25)26)22-20(24)14-5-3-6-15(21)9-14/h2-12H,1H3,(H,22,24). The summed E-state index contributed by atoms with van der Waals surface area (Å²) < 4.78 is 6.50. The van der Waals surface area contributed by atoms with Crippen molar-refractivity contribution in [3.63, 3.8) is 0 Å². The minimum Gasteiger partial charge on any atom is -0.457 e. The normalized spacial score (nSPS) is 10.3. The second kappa shape index (κ2) is 8.01. The predicted molar refractivity (Wildman–Crippen MR) is 106 cm³/mol. The van der Waals surface area contributed by atoms with Crippen molar-refractivity contribution in [2.24, 2.45) is 0 Å². The lowest BCUT2D eigenvalue weighted by Crippen LogP contribution is -2.12. The van der Waals surface area contributed by atoms with E-state index in [0.717, 1.165) is 10.0 Å². The number of nitro groups is 1. The summed E-state index contributed by atoms with van der Waals surface area (Å²) in [6.45, 7) is 1.92. The van der Waals surface area contributed by atoms with Crippen molar-refractivity contribution in [1.29, 1.82) is 0 Å². The van der Waals surface area contributed by atoms with Crippen molar-refractivity contribution in [1.82, 2.24) is 0 Å². The zero-order valence-corrected chi connectivity index (χ0v) is 15.9. The van der Waals surface area contributed by atoms with Gasteiger partial charge in [-0.05, 0) is 42.8 Å². The first-order valence-electron chi connectivity index (χ1n) is 8.01. The number of halogens is 1. The van der Waals surface area contributed by atoms with Crippen LogP contribution in [0.1, 0.15) is 15.9 Å². The number of non-ortho nitro benzene ring substituents is 1. The Morgan fingerprint density at radius 3 is 2.52 bits per heavy atom. The first-order valence-corrected chi connectivity index (χ1v) is 8.81. The van der Waals surface area contributed by atoms with Crippen molar-refractivity contribution in [2.45, 2.75) is 6.92 Å². The molecule has 0 aromatic heterocycles. The van der Waals surface area contributed by atoms with Crippen LogP contribution >= 0.6 is 15.9 Å². The molecule has 7 heteroatoms. The highest BCUT2D eigenvalue weighted by Gasteiger charge is 2.14. The van der Waals surface area contributed by atoms with Gasteiger partial charge in [0.15, 0.2) is 0 Å². The Balaban J connectivity index is 1.89. The molecule has 0 saturated heterocycles. The quantitative estimate of drug-likeness (QED) is 0.418. The summed E-state index contributed by atoms with van der Waals surface area (Å²) in [5, 5.41) is 13.9. The van der Waals surface area contributed by atoms with Crippen molar-refractivity contribution in [2.75, 3.05) is 5.32 Å². The Morgan fingerprint density at radius 2 is 1.81 bits per heavy atom. The average Bonchev–Trinajstić information content (AvgIpc) is 2.61. The van der Waals surface area contributed by atoms with Gasteiger partial charge in [-0.15, -0.1) is 0 Å². The van der Waals surface area contributed by atoms with Gasteiger partial charge in [-0.2, -0.15) is 0 Å². The van der Waals surface area contributed by atoms with Gasteiger partial charge >= 0.3 is 0 Å². The number of rotatable bonds is 5. The highest BCUT2D eigenvalue weighted by molar-refractivity contribution is 9.10. The molecule has 0 aliphatic rings. The molecule has 0 fully saturated rings. The summed E-state index contributed by atoms with van der Waals surface area (Å²) in [6, 6.07) is 18.3. The fourth-order valence-electron chi connectivity index (χ4n) is 2.47. The molecule has 0 saturated carbocycles. The molecule has 0 aliphatic carbocycles. The first kappa shape index (κ1) is 18.6. The summed E-state index contributed by atoms with van der Waals surface area (Å²) in [5.41, 5.74) is 1.53. The van der Waals surface area contributed by atoms with Gasteiger partial charge in [-0.3, -0.25) is 14.9 Å². The molecule has 136 valence electrons. The van der Waals surface area contributed by atoms with E-state index >= 15 is 0 Å². The van der Waals surface area contributed by atoms with Crippen LogP contribution in [-0.2, 0) is 0 Å². The first-order chi connectivity index (χ1) is 12.9. The Kier molecular flexibility index (Phi) is 5.52. The molecule has 0 atom stereocenters. The maximum Gasteiger partial charge on any atom is 0.275 e. The van der Waals surface area contributed by atoms with Gasteiger partial charge in [0.1, 0.15) is 11.5 Å². The number of hydrogen-bond acceptors (Lipinski definition) is 4. The monoisotopic (exact) mass is 426 g/mol.